The Balaban J connectivity index is 1.09. The van der Waals surface area contributed by atoms with E-state index in [1.165, 1.54) is 78.1 Å². The van der Waals surface area contributed by atoms with Crippen LogP contribution < -0.4 is 16.4 Å². The summed E-state index contributed by atoms with van der Waals surface area (Å²) in [6, 6.07) is 19.0. The van der Waals surface area contributed by atoms with Gasteiger partial charge in [0.15, 0.2) is 30.1 Å². The largest absolute Gasteiger partial charge is 0.455 e. The average Bonchev–Trinajstić information content (AvgIpc) is 0.670. The fourth-order valence-corrected chi connectivity index (χ4v) is 14.2. The first-order chi connectivity index (χ1) is 43.6. The Morgan fingerprint density at radius 1 is 0.783 bits per heavy atom. The quantitative estimate of drug-likeness (QED) is 0.0427. The number of hydrogen-bond acceptors (Lipinski definition) is 25. The molecule has 92 heavy (non-hydrogen) atoms. The summed E-state index contributed by atoms with van der Waals surface area (Å²) in [4.78, 5) is 116. The van der Waals surface area contributed by atoms with Crippen LogP contribution in [-0.4, -0.2) is 208 Å². The minimum atomic E-state index is -2.59. The van der Waals surface area contributed by atoms with Gasteiger partial charge in [0.2, 0.25) is 12.0 Å². The molecule has 3 saturated heterocycles. The van der Waals surface area contributed by atoms with Crippen LogP contribution in [0.3, 0.4) is 0 Å². The number of aliphatic hydroxyl groups excluding tert-OH is 5. The Hall–Kier alpha value is -7.12. The highest BCUT2D eigenvalue weighted by Crippen LogP contribution is 2.64. The van der Waals surface area contributed by atoms with Gasteiger partial charge in [-0.1, -0.05) is 87.5 Å². The monoisotopic (exact) mass is 1290 g/mol. The number of nitrogens with two attached hydrogens (primary N) is 1. The molecule has 2 saturated carbocycles. The van der Waals surface area contributed by atoms with Crippen molar-refractivity contribution in [2.24, 2.45) is 28.4 Å². The van der Waals surface area contributed by atoms with Gasteiger partial charge in [-0.2, -0.15) is 0 Å². The molecule has 3 aliphatic heterocycles. The number of fused-ring (bicyclic) bond motifs is 5. The Labute approximate surface area is 530 Å². The Morgan fingerprint density at radius 2 is 1.39 bits per heavy atom. The minimum absolute atomic E-state index is 0.0159. The van der Waals surface area contributed by atoms with Gasteiger partial charge < -0.3 is 94.4 Å². The number of carbonyl (C=O) groups excluding carboxylic acids is 8. The van der Waals surface area contributed by atoms with Crippen LogP contribution in [0.4, 0.5) is 0 Å². The average molecular weight is 1290 g/mol. The molecule has 3 aromatic rings. The number of nitrogens with one attached hydrogen (secondary N) is 2. The molecule has 0 radical (unpaired) electrons. The van der Waals surface area contributed by atoms with E-state index in [0.717, 1.165) is 13.8 Å². The number of amides is 2. The maximum Gasteiger partial charge on any atom is 0.350 e. The highest BCUT2D eigenvalue weighted by Gasteiger charge is 2.78. The minimum Gasteiger partial charge on any atom is -0.455 e. The van der Waals surface area contributed by atoms with E-state index >= 15 is 9.59 Å². The maximum atomic E-state index is 15.9. The number of ether oxygens (including phenoxy) is 10. The summed E-state index contributed by atoms with van der Waals surface area (Å²) in [6.45, 7) is 7.72. The number of aliphatic hydroxyl groups is 6. The first-order valence-electron chi connectivity index (χ1n) is 30.4. The first kappa shape index (κ1) is 69.2. The second-order valence-electron chi connectivity index (χ2n) is 25.1. The van der Waals surface area contributed by atoms with Gasteiger partial charge in [0.1, 0.15) is 54.3 Å². The molecule has 0 aromatic heterocycles. The van der Waals surface area contributed by atoms with Crippen molar-refractivity contribution in [3.63, 3.8) is 0 Å². The van der Waals surface area contributed by atoms with Crippen molar-refractivity contribution >= 4 is 47.4 Å². The highest BCUT2D eigenvalue weighted by molar-refractivity contribution is 5.96. The van der Waals surface area contributed by atoms with E-state index in [9.17, 15) is 59.4 Å². The predicted octanol–water partition coefficient (Wildman–Crippen LogP) is 0.703. The van der Waals surface area contributed by atoms with Crippen LogP contribution in [-0.2, 0) is 76.1 Å². The van der Waals surface area contributed by atoms with E-state index in [0.29, 0.717) is 0 Å². The van der Waals surface area contributed by atoms with Gasteiger partial charge in [0.05, 0.1) is 67.5 Å². The molecule has 3 heterocycles. The van der Waals surface area contributed by atoms with Crippen molar-refractivity contribution in [1.82, 2.24) is 10.6 Å². The molecule has 500 valence electrons. The van der Waals surface area contributed by atoms with E-state index in [-0.39, 0.29) is 34.3 Å². The SMILES string of the molecule is COC1OC(CO)C(OC2OC(CO)C(C)C(O)C2NC(=O)CCC(=O)OC(C(=O)O[C@H]2C[C@@]3(O)C(OC(=O)c4ccccc4)[C@@H]4[C@]5(OC(C)=O)CO[C@@H]5C[C@H](O)[C@@]4(C)C(=O)[C@H](OC(C)=O)C(=C2C)C3(C)C)C(NC(=O)c2ccccc2)c2ccccc2)C(O)C1N. The van der Waals surface area contributed by atoms with Gasteiger partial charge in [-0.3, -0.25) is 28.8 Å². The van der Waals surface area contributed by atoms with Crippen molar-refractivity contribution in [2.45, 2.75) is 183 Å². The number of esters is 5. The number of Topliss-reactive ketones (excluding diaryl/α,β-unsaturated/α-hetero) is 1. The van der Waals surface area contributed by atoms with Crippen molar-refractivity contribution in [3.8, 4) is 0 Å². The number of ketones is 1. The summed E-state index contributed by atoms with van der Waals surface area (Å²) >= 11 is 0. The van der Waals surface area contributed by atoms with Gasteiger partial charge in [0.25, 0.3) is 5.91 Å². The van der Waals surface area contributed by atoms with Crippen molar-refractivity contribution in [2.75, 3.05) is 26.9 Å². The number of benzene rings is 3. The lowest BCUT2D eigenvalue weighted by Crippen LogP contribution is -2.82. The fourth-order valence-electron chi connectivity index (χ4n) is 14.2. The van der Waals surface area contributed by atoms with Gasteiger partial charge in [-0.25, -0.2) is 9.59 Å². The number of carbonyl (C=O) groups is 8. The van der Waals surface area contributed by atoms with Crippen molar-refractivity contribution in [3.05, 3.63) is 119 Å². The lowest BCUT2D eigenvalue weighted by atomic mass is 9.44. The predicted molar refractivity (Wildman–Crippen MR) is 315 cm³/mol. The zero-order chi connectivity index (χ0) is 66.9. The standard InChI is InChI=1S/C65H81N3O24/c1-31-38(27-65(82)56(91-58(80)37-22-16-11-17-23-37)54-63(7,41(73)26-42-64(54,30-84-42)92-34(4)72)55(78)52(85-33(3)71)45(31)62(65,5)6)86-59(81)53(47(35-18-12-9-13-19-35)68-57(79)36-20-14-10-15-21-36)89-44(75)25-24-43(74)67-48-49(76)32(2)39(28-69)87-61(48)90-51-40(29-70)88-60(83-8)46(66)50(51)77/h9-23,32,38-42,46-54,56,60-61,69-70,73,76-77,82H,24-30,66H2,1-8H3,(H,67,74)(H,68,79)/t32?,38-,39?,40?,41-,42+,46?,47?,48?,49?,50?,51?,52+,53?,54-,56?,60?,61?,63+,64-,65+/m0/s1. The molecule has 9 rings (SSSR count). The molecule has 27 nitrogen and oxygen atoms in total. The van der Waals surface area contributed by atoms with Crippen LogP contribution in [0, 0.1) is 22.7 Å². The molecular formula is C65H81N3O24. The van der Waals surface area contributed by atoms with Gasteiger partial charge in [0, 0.05) is 57.1 Å². The summed E-state index contributed by atoms with van der Waals surface area (Å²) in [7, 11) is 1.27. The van der Waals surface area contributed by atoms with E-state index < -0.39 is 218 Å². The molecule has 3 aromatic carbocycles. The lowest BCUT2D eigenvalue weighted by Gasteiger charge is -2.67. The summed E-state index contributed by atoms with van der Waals surface area (Å²) in [5, 5.41) is 75.1. The molecule has 6 aliphatic rings. The zero-order valence-electron chi connectivity index (χ0n) is 52.1. The Kier molecular flexibility index (Phi) is 20.9. The second-order valence-corrected chi connectivity index (χ2v) is 25.1. The van der Waals surface area contributed by atoms with E-state index in [2.05, 4.69) is 10.6 Å². The lowest BCUT2D eigenvalue weighted by molar-refractivity contribution is -0.346. The third-order valence-electron chi connectivity index (χ3n) is 19.3. The van der Waals surface area contributed by atoms with Crippen LogP contribution in [0.5, 0.6) is 0 Å². The molecule has 0 spiro atoms. The summed E-state index contributed by atoms with van der Waals surface area (Å²) in [5.41, 5.74) is -2.19. The van der Waals surface area contributed by atoms with Crippen LogP contribution in [0.1, 0.15) is 106 Å². The molecule has 2 bridgehead atoms. The molecule has 5 fully saturated rings. The molecule has 10 N–H and O–H groups in total. The first-order valence-corrected chi connectivity index (χ1v) is 30.4. The smallest absolute Gasteiger partial charge is 0.350 e. The molecule has 27 heteroatoms. The van der Waals surface area contributed by atoms with E-state index in [4.69, 9.17) is 53.1 Å². The maximum absolute atomic E-state index is 15.9. The number of rotatable bonds is 20. The van der Waals surface area contributed by atoms with E-state index in [1.54, 1.807) is 54.6 Å². The summed E-state index contributed by atoms with van der Waals surface area (Å²) < 4.78 is 60.0. The summed E-state index contributed by atoms with van der Waals surface area (Å²) in [5.74, 6) is -10.7. The third kappa shape index (κ3) is 13.0. The van der Waals surface area contributed by atoms with Gasteiger partial charge >= 0.3 is 29.8 Å². The normalized spacial score (nSPS) is 35.3. The van der Waals surface area contributed by atoms with E-state index in [1.807, 2.05) is 0 Å². The topological polar surface area (TPSA) is 400 Å². The third-order valence-corrected chi connectivity index (χ3v) is 19.3. The fraction of sp³-hybridized carbons (Fsp3) is 0.569. The second kappa shape index (κ2) is 27.8. The molecule has 21 atom stereocenters. The van der Waals surface area contributed by atoms with Crippen LogP contribution in [0.15, 0.2) is 102 Å². The Morgan fingerprint density at radius 3 is 1.97 bits per heavy atom. The van der Waals surface area contributed by atoms with Crippen LogP contribution in [0.2, 0.25) is 0 Å². The zero-order valence-corrected chi connectivity index (χ0v) is 52.1. The molecule has 13 unspecified atom stereocenters. The molecule has 2 amide bonds. The van der Waals surface area contributed by atoms with Crippen LogP contribution >= 0.6 is 0 Å². The number of methoxy groups -OCH3 is 1. The van der Waals surface area contributed by atoms with Crippen LogP contribution in [0.25, 0.3) is 0 Å². The van der Waals surface area contributed by atoms with Gasteiger partial charge in [-0.15, -0.1) is 0 Å². The van der Waals surface area contributed by atoms with Crippen molar-refractivity contribution in [1.29, 1.82) is 0 Å². The highest BCUT2D eigenvalue weighted by atomic mass is 16.7. The molecule has 3 aliphatic carbocycles. The number of hydrogen-bond donors (Lipinski definition) is 9. The Bertz CT molecular complexity index is 3240. The molecular weight excluding hydrogens is 1210 g/mol. The summed E-state index contributed by atoms with van der Waals surface area (Å²) in [6.07, 6.45) is -22.8. The van der Waals surface area contributed by atoms with Gasteiger partial charge in [-0.05, 0) is 54.8 Å². The van der Waals surface area contributed by atoms with Crippen molar-refractivity contribution < 1.29 is 116 Å².